The Kier molecular flexibility index (Phi) is 3.15. The molecule has 0 unspecified atom stereocenters. The molecule has 2 saturated heterocycles. The highest BCUT2D eigenvalue weighted by molar-refractivity contribution is 5.93. The van der Waals surface area contributed by atoms with Crippen LogP contribution in [-0.2, 0) is 7.05 Å². The third-order valence-corrected chi connectivity index (χ3v) is 4.98. The molecule has 0 aliphatic carbocycles. The van der Waals surface area contributed by atoms with Crippen molar-refractivity contribution in [2.45, 2.75) is 13.0 Å². The summed E-state index contributed by atoms with van der Waals surface area (Å²) in [5.41, 5.74) is 1.68. The van der Waals surface area contributed by atoms with Gasteiger partial charge in [-0.15, -0.1) is 0 Å². The molecular weight excluding hydrogens is 334 g/mol. The highest BCUT2D eigenvalue weighted by Crippen LogP contribution is 2.31. The Labute approximate surface area is 149 Å². The van der Waals surface area contributed by atoms with Crippen molar-refractivity contribution in [3.05, 3.63) is 24.4 Å². The summed E-state index contributed by atoms with van der Waals surface area (Å²) in [5.74, 6) is 1.66. The van der Waals surface area contributed by atoms with Gasteiger partial charge in [0.1, 0.15) is 11.6 Å². The van der Waals surface area contributed by atoms with E-state index in [1.807, 2.05) is 31.0 Å². The molecule has 5 heterocycles. The minimum atomic E-state index is -0.0600. The SMILES string of the molecule is Cc1nc(N2CC(n3cc(N4CCNC4=O)cn3)C2)c2cnn(C)c2n1. The van der Waals surface area contributed by atoms with Crippen LogP contribution in [-0.4, -0.2) is 61.7 Å². The van der Waals surface area contributed by atoms with Crippen molar-refractivity contribution < 1.29 is 4.79 Å². The van der Waals surface area contributed by atoms with Crippen LogP contribution in [0.1, 0.15) is 11.9 Å². The molecule has 0 radical (unpaired) electrons. The Morgan fingerprint density at radius 3 is 2.81 bits per heavy atom. The number of aryl methyl sites for hydroxylation is 2. The molecule has 10 nitrogen and oxygen atoms in total. The number of anilines is 2. The lowest BCUT2D eigenvalue weighted by atomic mass is 10.1. The monoisotopic (exact) mass is 353 g/mol. The lowest BCUT2D eigenvalue weighted by Crippen LogP contribution is -2.48. The zero-order chi connectivity index (χ0) is 17.8. The van der Waals surface area contributed by atoms with Crippen LogP contribution in [0, 0.1) is 6.92 Å². The lowest BCUT2D eigenvalue weighted by molar-refractivity contribution is 0.252. The van der Waals surface area contributed by atoms with E-state index < -0.39 is 0 Å². The number of carbonyl (C=O) groups excluding carboxylic acids is 1. The van der Waals surface area contributed by atoms with Gasteiger partial charge in [0.05, 0.1) is 29.5 Å². The molecule has 10 heteroatoms. The number of urea groups is 1. The fourth-order valence-electron chi connectivity index (χ4n) is 3.53. The molecule has 26 heavy (non-hydrogen) atoms. The number of carbonyl (C=O) groups is 1. The van der Waals surface area contributed by atoms with Crippen molar-refractivity contribution in [3.63, 3.8) is 0 Å². The maximum Gasteiger partial charge on any atom is 0.322 e. The molecule has 2 aliphatic rings. The summed E-state index contributed by atoms with van der Waals surface area (Å²) in [6.45, 7) is 4.88. The van der Waals surface area contributed by atoms with Crippen LogP contribution in [0.25, 0.3) is 11.0 Å². The van der Waals surface area contributed by atoms with Gasteiger partial charge in [-0.05, 0) is 6.92 Å². The summed E-state index contributed by atoms with van der Waals surface area (Å²) < 4.78 is 3.71. The van der Waals surface area contributed by atoms with Gasteiger partial charge in [0.25, 0.3) is 0 Å². The third kappa shape index (κ3) is 2.21. The van der Waals surface area contributed by atoms with E-state index in [1.165, 1.54) is 0 Å². The number of nitrogens with one attached hydrogen (secondary N) is 1. The first kappa shape index (κ1) is 15.1. The third-order valence-electron chi connectivity index (χ3n) is 4.98. The van der Waals surface area contributed by atoms with Gasteiger partial charge in [-0.1, -0.05) is 0 Å². The topological polar surface area (TPSA) is 97.0 Å². The van der Waals surface area contributed by atoms with Crippen LogP contribution in [0.3, 0.4) is 0 Å². The maximum atomic E-state index is 11.8. The molecule has 3 aromatic heterocycles. The minimum Gasteiger partial charge on any atom is -0.351 e. The Morgan fingerprint density at radius 2 is 2.04 bits per heavy atom. The summed E-state index contributed by atoms with van der Waals surface area (Å²) in [4.78, 5) is 24.8. The predicted molar refractivity (Wildman–Crippen MR) is 95.3 cm³/mol. The first-order chi connectivity index (χ1) is 12.6. The fourth-order valence-corrected chi connectivity index (χ4v) is 3.53. The van der Waals surface area contributed by atoms with Gasteiger partial charge in [0.15, 0.2) is 5.65 Å². The van der Waals surface area contributed by atoms with Gasteiger partial charge < -0.3 is 10.2 Å². The Balaban J connectivity index is 1.35. The molecule has 2 aliphatic heterocycles. The second kappa shape index (κ2) is 5.41. The molecule has 1 N–H and O–H groups in total. The number of fused-ring (bicyclic) bond motifs is 1. The van der Waals surface area contributed by atoms with E-state index in [0.717, 1.165) is 41.5 Å². The highest BCUT2D eigenvalue weighted by atomic mass is 16.2. The van der Waals surface area contributed by atoms with Crippen LogP contribution >= 0.6 is 0 Å². The molecule has 0 bridgehead atoms. The van der Waals surface area contributed by atoms with Crippen molar-refractivity contribution in [3.8, 4) is 0 Å². The second-order valence-electron chi connectivity index (χ2n) is 6.72. The van der Waals surface area contributed by atoms with Gasteiger partial charge in [0, 0.05) is 39.4 Å². The molecular formula is C16H19N9O. The quantitative estimate of drug-likeness (QED) is 0.735. The van der Waals surface area contributed by atoms with Crippen LogP contribution in [0.5, 0.6) is 0 Å². The fraction of sp³-hybridized carbons (Fsp3) is 0.438. The normalized spacial score (nSPS) is 17.8. The summed E-state index contributed by atoms with van der Waals surface area (Å²) in [5, 5.41) is 12.5. The summed E-state index contributed by atoms with van der Waals surface area (Å²) in [6, 6.07) is 0.201. The average Bonchev–Trinajstić information content (AvgIpc) is 3.27. The first-order valence-electron chi connectivity index (χ1n) is 8.61. The van der Waals surface area contributed by atoms with Crippen molar-refractivity contribution in [2.24, 2.45) is 7.05 Å². The predicted octanol–water partition coefficient (Wildman–Crippen LogP) is 0.459. The van der Waals surface area contributed by atoms with Crippen molar-refractivity contribution in [1.82, 2.24) is 34.8 Å². The summed E-state index contributed by atoms with van der Waals surface area (Å²) in [7, 11) is 1.89. The number of hydrogen-bond donors (Lipinski definition) is 1. The average molecular weight is 353 g/mol. The highest BCUT2D eigenvalue weighted by Gasteiger charge is 2.32. The Morgan fingerprint density at radius 1 is 1.19 bits per heavy atom. The standard InChI is InChI=1S/C16H19N9O/c1-10-20-14-13(6-18-22(14)2)15(21-10)23-7-12(8-23)25-9-11(5-19-25)24-4-3-17-16(24)26/h5-6,9,12H,3-4,7-8H2,1-2H3,(H,17,26). The van der Waals surface area contributed by atoms with E-state index in [2.05, 4.69) is 30.4 Å². The molecule has 134 valence electrons. The number of aromatic nitrogens is 6. The largest absolute Gasteiger partial charge is 0.351 e. The summed E-state index contributed by atoms with van der Waals surface area (Å²) >= 11 is 0. The Bertz CT molecular complexity index is 1000. The maximum absolute atomic E-state index is 11.8. The van der Waals surface area contributed by atoms with Crippen molar-refractivity contribution in [2.75, 3.05) is 36.0 Å². The molecule has 0 saturated carbocycles. The van der Waals surface area contributed by atoms with E-state index in [0.29, 0.717) is 13.1 Å². The molecule has 0 atom stereocenters. The van der Waals surface area contributed by atoms with Crippen molar-refractivity contribution >= 4 is 28.6 Å². The van der Waals surface area contributed by atoms with Crippen LogP contribution < -0.4 is 15.1 Å². The lowest BCUT2D eigenvalue weighted by Gasteiger charge is -2.40. The Hall–Kier alpha value is -3.17. The minimum absolute atomic E-state index is 0.0600. The number of hydrogen-bond acceptors (Lipinski definition) is 6. The zero-order valence-electron chi connectivity index (χ0n) is 14.6. The van der Waals surface area contributed by atoms with Gasteiger partial charge in [0.2, 0.25) is 0 Å². The molecule has 2 amide bonds. The molecule has 0 spiro atoms. The number of rotatable bonds is 3. The van der Waals surface area contributed by atoms with Crippen LogP contribution in [0.4, 0.5) is 16.3 Å². The smallest absolute Gasteiger partial charge is 0.322 e. The van der Waals surface area contributed by atoms with E-state index >= 15 is 0 Å². The number of nitrogens with zero attached hydrogens (tertiary/aromatic N) is 8. The molecule has 0 aromatic carbocycles. The van der Waals surface area contributed by atoms with Gasteiger partial charge in [-0.25, -0.2) is 14.8 Å². The van der Waals surface area contributed by atoms with E-state index in [9.17, 15) is 4.79 Å². The van der Waals surface area contributed by atoms with E-state index in [1.54, 1.807) is 15.8 Å². The van der Waals surface area contributed by atoms with E-state index in [-0.39, 0.29) is 12.1 Å². The van der Waals surface area contributed by atoms with Crippen LogP contribution in [0.15, 0.2) is 18.6 Å². The zero-order valence-corrected chi connectivity index (χ0v) is 14.6. The molecule has 3 aromatic rings. The van der Waals surface area contributed by atoms with Crippen molar-refractivity contribution in [1.29, 1.82) is 0 Å². The van der Waals surface area contributed by atoms with E-state index in [4.69, 9.17) is 0 Å². The molecule has 2 fully saturated rings. The van der Waals surface area contributed by atoms with Gasteiger partial charge in [-0.2, -0.15) is 10.2 Å². The second-order valence-corrected chi connectivity index (χ2v) is 6.72. The van der Waals surface area contributed by atoms with Crippen LogP contribution in [0.2, 0.25) is 0 Å². The van der Waals surface area contributed by atoms with Gasteiger partial charge >= 0.3 is 6.03 Å². The first-order valence-corrected chi connectivity index (χ1v) is 8.61. The van der Waals surface area contributed by atoms with Gasteiger partial charge in [-0.3, -0.25) is 14.3 Å². The summed E-state index contributed by atoms with van der Waals surface area (Å²) in [6.07, 6.45) is 5.51. The molecule has 5 rings (SSSR count). The number of amides is 2.